The molecule has 0 aliphatic carbocycles. The molecule has 1 amide bonds. The first-order chi connectivity index (χ1) is 12.8. The number of anilines is 1. The van der Waals surface area contributed by atoms with Gasteiger partial charge < -0.3 is 9.26 Å². The molecule has 3 rings (SSSR count). The Labute approximate surface area is 158 Å². The summed E-state index contributed by atoms with van der Waals surface area (Å²) in [5.74, 6) is -0.106. The van der Waals surface area contributed by atoms with Crippen LogP contribution in [0, 0.1) is 13.8 Å². The average Bonchev–Trinajstić information content (AvgIpc) is 3.23. The van der Waals surface area contributed by atoms with E-state index in [0.717, 1.165) is 12.8 Å². The van der Waals surface area contributed by atoms with E-state index in [2.05, 4.69) is 15.2 Å². The lowest BCUT2D eigenvalue weighted by Gasteiger charge is -2.14. The van der Waals surface area contributed by atoms with Gasteiger partial charge in [-0.1, -0.05) is 17.3 Å². The predicted molar refractivity (Wildman–Crippen MR) is 99.9 cm³/mol. The smallest absolute Gasteiger partial charge is 0.240 e. The third kappa shape index (κ3) is 4.37. The number of ether oxygens (including phenoxy) is 1. The number of aromatic nitrogens is 1. The van der Waals surface area contributed by atoms with Crippen molar-refractivity contribution in [1.29, 1.82) is 0 Å². The number of carbonyl (C=O) groups excluding carboxylic acids is 1. The van der Waals surface area contributed by atoms with Crippen molar-refractivity contribution < 1.29 is 22.5 Å². The lowest BCUT2D eigenvalue weighted by molar-refractivity contribution is -0.114. The normalized spacial score (nSPS) is 17.2. The van der Waals surface area contributed by atoms with Gasteiger partial charge in [0.2, 0.25) is 21.8 Å². The summed E-state index contributed by atoms with van der Waals surface area (Å²) in [5.41, 5.74) is 2.33. The number of rotatable bonds is 6. The van der Waals surface area contributed by atoms with Gasteiger partial charge in [-0.05, 0) is 43.9 Å². The van der Waals surface area contributed by atoms with Crippen LogP contribution >= 0.6 is 0 Å². The van der Waals surface area contributed by atoms with Gasteiger partial charge in [0.15, 0.2) is 0 Å². The summed E-state index contributed by atoms with van der Waals surface area (Å²) in [6.45, 7) is 5.74. The molecular weight excluding hydrogens is 370 g/mol. The topological polar surface area (TPSA) is 111 Å². The van der Waals surface area contributed by atoms with Crippen LogP contribution in [0.4, 0.5) is 5.88 Å². The Hall–Kier alpha value is -2.23. The number of hydrogen-bond donors (Lipinski definition) is 2. The molecule has 0 bridgehead atoms. The van der Waals surface area contributed by atoms with E-state index in [1.165, 1.54) is 6.92 Å². The zero-order valence-corrected chi connectivity index (χ0v) is 16.4. The van der Waals surface area contributed by atoms with Crippen LogP contribution in [-0.4, -0.2) is 38.7 Å². The average molecular weight is 393 g/mol. The Bertz CT molecular complexity index is 946. The Morgan fingerprint density at radius 2 is 2.11 bits per heavy atom. The molecule has 9 heteroatoms. The fourth-order valence-corrected chi connectivity index (χ4v) is 4.42. The van der Waals surface area contributed by atoms with Crippen molar-refractivity contribution in [2.45, 2.75) is 44.6 Å². The largest absolute Gasteiger partial charge is 0.377 e. The van der Waals surface area contributed by atoms with E-state index in [4.69, 9.17) is 9.26 Å². The Kier molecular flexibility index (Phi) is 5.64. The molecule has 146 valence electrons. The van der Waals surface area contributed by atoms with Crippen LogP contribution in [0.1, 0.15) is 31.0 Å². The van der Waals surface area contributed by atoms with Crippen molar-refractivity contribution in [3.05, 3.63) is 29.5 Å². The van der Waals surface area contributed by atoms with Crippen LogP contribution in [0.25, 0.3) is 11.1 Å². The van der Waals surface area contributed by atoms with Gasteiger partial charge >= 0.3 is 0 Å². The summed E-state index contributed by atoms with van der Waals surface area (Å²) in [5, 5.41) is 6.46. The third-order valence-electron chi connectivity index (χ3n) is 4.44. The van der Waals surface area contributed by atoms with Crippen LogP contribution in [0.5, 0.6) is 0 Å². The van der Waals surface area contributed by atoms with Gasteiger partial charge in [0.05, 0.1) is 22.3 Å². The van der Waals surface area contributed by atoms with Gasteiger partial charge in [0, 0.05) is 20.1 Å². The molecule has 8 nitrogen and oxygen atoms in total. The molecule has 0 radical (unpaired) electrons. The zero-order valence-electron chi connectivity index (χ0n) is 15.5. The molecule has 1 aromatic heterocycles. The maximum absolute atomic E-state index is 12.8. The van der Waals surface area contributed by atoms with E-state index in [9.17, 15) is 13.2 Å². The fourth-order valence-electron chi connectivity index (χ4n) is 3.09. The fraction of sp³-hybridized carbons (Fsp3) is 0.444. The minimum atomic E-state index is -3.71. The van der Waals surface area contributed by atoms with Crippen molar-refractivity contribution in [1.82, 2.24) is 9.88 Å². The molecular formula is C18H23N3O5S. The Morgan fingerprint density at radius 1 is 1.33 bits per heavy atom. The number of hydrogen-bond acceptors (Lipinski definition) is 6. The van der Waals surface area contributed by atoms with Gasteiger partial charge in [-0.3, -0.25) is 10.1 Å². The van der Waals surface area contributed by atoms with Gasteiger partial charge in [-0.2, -0.15) is 0 Å². The molecule has 2 aromatic rings. The zero-order chi connectivity index (χ0) is 19.6. The molecule has 1 saturated heterocycles. The lowest BCUT2D eigenvalue weighted by Crippen LogP contribution is -2.32. The molecule has 1 fully saturated rings. The highest BCUT2D eigenvalue weighted by Crippen LogP contribution is 2.33. The molecule has 0 saturated carbocycles. The van der Waals surface area contributed by atoms with Crippen molar-refractivity contribution in [2.24, 2.45) is 0 Å². The second kappa shape index (κ2) is 7.79. The van der Waals surface area contributed by atoms with Crippen molar-refractivity contribution in [3.8, 4) is 11.1 Å². The minimum Gasteiger partial charge on any atom is -0.377 e. The number of benzene rings is 1. The number of carbonyl (C=O) groups is 1. The van der Waals surface area contributed by atoms with Crippen LogP contribution in [-0.2, 0) is 19.6 Å². The van der Waals surface area contributed by atoms with Gasteiger partial charge in [0.1, 0.15) is 0 Å². The van der Waals surface area contributed by atoms with Crippen LogP contribution in [0.15, 0.2) is 27.6 Å². The van der Waals surface area contributed by atoms with Gasteiger partial charge in [-0.25, -0.2) is 13.1 Å². The summed E-state index contributed by atoms with van der Waals surface area (Å²) >= 11 is 0. The van der Waals surface area contributed by atoms with Gasteiger partial charge in [-0.15, -0.1) is 0 Å². The summed E-state index contributed by atoms with van der Waals surface area (Å²) in [6.07, 6.45) is 1.70. The van der Waals surface area contributed by atoms with Crippen LogP contribution in [0.3, 0.4) is 0 Å². The Morgan fingerprint density at radius 3 is 2.78 bits per heavy atom. The third-order valence-corrected chi connectivity index (χ3v) is 6.01. The summed E-state index contributed by atoms with van der Waals surface area (Å²) in [7, 11) is -3.71. The number of nitrogens with one attached hydrogen (secondary N) is 2. The Balaban J connectivity index is 1.93. The highest BCUT2D eigenvalue weighted by molar-refractivity contribution is 7.89. The minimum absolute atomic E-state index is 0.0880. The molecule has 1 atom stereocenters. The van der Waals surface area contributed by atoms with E-state index in [1.807, 2.05) is 0 Å². The highest BCUT2D eigenvalue weighted by Gasteiger charge is 2.24. The standard InChI is InChI=1S/C18H23N3O5S/c1-11-6-7-14(17-12(2)21-26-18(17)20-13(3)22)9-16(11)27(23,24)19-10-15-5-4-8-25-15/h6-7,9,15,19H,4-5,8,10H2,1-3H3,(H,20,22). The summed E-state index contributed by atoms with van der Waals surface area (Å²) < 4.78 is 38.9. The molecule has 0 spiro atoms. The molecule has 2 N–H and O–H groups in total. The maximum atomic E-state index is 12.8. The number of aryl methyl sites for hydroxylation is 2. The van der Waals surface area contributed by atoms with Crippen LogP contribution in [0.2, 0.25) is 0 Å². The van der Waals surface area contributed by atoms with E-state index in [0.29, 0.717) is 29.0 Å². The van der Waals surface area contributed by atoms with E-state index in [1.54, 1.807) is 32.0 Å². The molecule has 1 aromatic carbocycles. The first-order valence-corrected chi connectivity index (χ1v) is 10.2. The monoisotopic (exact) mass is 393 g/mol. The molecule has 27 heavy (non-hydrogen) atoms. The number of sulfonamides is 1. The quantitative estimate of drug-likeness (QED) is 0.780. The highest BCUT2D eigenvalue weighted by atomic mass is 32.2. The first kappa shape index (κ1) is 19.5. The molecule has 1 aliphatic heterocycles. The maximum Gasteiger partial charge on any atom is 0.240 e. The van der Waals surface area contributed by atoms with Crippen molar-refractivity contribution in [3.63, 3.8) is 0 Å². The first-order valence-electron chi connectivity index (χ1n) is 8.74. The SMILES string of the molecule is CC(=O)Nc1onc(C)c1-c1ccc(C)c(S(=O)(=O)NCC2CCCO2)c1. The van der Waals surface area contributed by atoms with Crippen LogP contribution < -0.4 is 10.0 Å². The summed E-state index contributed by atoms with van der Waals surface area (Å²) in [4.78, 5) is 11.6. The molecule has 1 aliphatic rings. The molecule has 1 unspecified atom stereocenters. The van der Waals surface area contributed by atoms with E-state index >= 15 is 0 Å². The molecule has 2 heterocycles. The second-order valence-corrected chi connectivity index (χ2v) is 8.36. The van der Waals surface area contributed by atoms with Crippen molar-refractivity contribution >= 4 is 21.8 Å². The second-order valence-electron chi connectivity index (χ2n) is 6.62. The number of nitrogens with zero attached hydrogens (tertiary/aromatic N) is 1. The lowest BCUT2D eigenvalue weighted by atomic mass is 10.0. The van der Waals surface area contributed by atoms with E-state index < -0.39 is 10.0 Å². The van der Waals surface area contributed by atoms with E-state index in [-0.39, 0.29) is 29.3 Å². The van der Waals surface area contributed by atoms with Gasteiger partial charge in [0.25, 0.3) is 0 Å². The predicted octanol–water partition coefficient (Wildman–Crippen LogP) is 2.37. The van der Waals surface area contributed by atoms with Crippen molar-refractivity contribution in [2.75, 3.05) is 18.5 Å². The number of amides is 1. The summed E-state index contributed by atoms with van der Waals surface area (Å²) in [6, 6.07) is 5.07.